The number of hydrogen-bond acceptors (Lipinski definition) is 4. The smallest absolute Gasteiger partial charge is 0.300 e. The van der Waals surface area contributed by atoms with Gasteiger partial charge >= 0.3 is 0 Å². The van der Waals surface area contributed by atoms with Gasteiger partial charge in [-0.1, -0.05) is 77.9 Å². The van der Waals surface area contributed by atoms with E-state index in [0.29, 0.717) is 17.0 Å². The summed E-state index contributed by atoms with van der Waals surface area (Å²) < 4.78 is 5.85. The minimum Gasteiger partial charge on any atom is -0.507 e. The molecule has 5 nitrogen and oxygen atoms in total. The van der Waals surface area contributed by atoms with Gasteiger partial charge in [-0.15, -0.1) is 0 Å². The number of rotatable bonds is 5. The highest BCUT2D eigenvalue weighted by atomic mass is 16.5. The molecule has 1 aliphatic rings. The van der Waals surface area contributed by atoms with E-state index < -0.39 is 17.7 Å². The monoisotopic (exact) mass is 539 g/mol. The highest BCUT2D eigenvalue weighted by molar-refractivity contribution is 6.51. The Labute approximate surface area is 238 Å². The van der Waals surface area contributed by atoms with Crippen LogP contribution in [0.2, 0.25) is 0 Å². The van der Waals surface area contributed by atoms with Crippen LogP contribution in [0.4, 0.5) is 5.69 Å². The van der Waals surface area contributed by atoms with E-state index in [1.165, 1.54) is 4.90 Å². The van der Waals surface area contributed by atoms with Crippen LogP contribution >= 0.6 is 0 Å². The zero-order chi connectivity index (χ0) is 29.6. The highest BCUT2D eigenvalue weighted by Gasteiger charge is 2.47. The summed E-state index contributed by atoms with van der Waals surface area (Å²) >= 11 is 0. The number of anilines is 1. The van der Waals surface area contributed by atoms with Crippen molar-refractivity contribution in [3.63, 3.8) is 0 Å². The van der Waals surface area contributed by atoms with Crippen molar-refractivity contribution in [1.29, 1.82) is 0 Å². The molecule has 3 aromatic rings. The number of hydrogen-bond donors (Lipinski definition) is 1. The zero-order valence-electron chi connectivity index (χ0n) is 25.1. The quantitative estimate of drug-likeness (QED) is 0.203. The molecule has 0 aliphatic carbocycles. The van der Waals surface area contributed by atoms with Crippen LogP contribution in [0.1, 0.15) is 89.2 Å². The van der Waals surface area contributed by atoms with Crippen LogP contribution in [0.3, 0.4) is 0 Å². The van der Waals surface area contributed by atoms with Crippen molar-refractivity contribution in [3.8, 4) is 5.75 Å². The normalized spacial score (nSPS) is 17.6. The number of amides is 1. The highest BCUT2D eigenvalue weighted by Crippen LogP contribution is 2.43. The number of carbonyl (C=O) groups excluding carboxylic acids is 2. The van der Waals surface area contributed by atoms with Crippen molar-refractivity contribution in [1.82, 2.24) is 0 Å². The van der Waals surface area contributed by atoms with Gasteiger partial charge in [0.25, 0.3) is 11.7 Å². The topological polar surface area (TPSA) is 66.8 Å². The third-order valence-corrected chi connectivity index (χ3v) is 7.36. The van der Waals surface area contributed by atoms with Gasteiger partial charge in [0.05, 0.1) is 17.7 Å². The number of carbonyl (C=O) groups is 2. The molecule has 0 aromatic heterocycles. The van der Waals surface area contributed by atoms with Crippen LogP contribution in [0.5, 0.6) is 5.75 Å². The average Bonchev–Trinajstić information content (AvgIpc) is 3.14. The Kier molecular flexibility index (Phi) is 7.72. The first-order valence-corrected chi connectivity index (χ1v) is 13.9. The van der Waals surface area contributed by atoms with Crippen molar-refractivity contribution >= 4 is 23.1 Å². The molecule has 40 heavy (non-hydrogen) atoms. The molecule has 0 spiro atoms. The molecule has 1 fully saturated rings. The number of Topliss-reactive ketones (excluding diaryl/α,β-unsaturated/α-hetero) is 1. The Balaban J connectivity index is 1.89. The third-order valence-electron chi connectivity index (χ3n) is 7.36. The lowest BCUT2D eigenvalue weighted by Gasteiger charge is -2.27. The van der Waals surface area contributed by atoms with Gasteiger partial charge in [0.15, 0.2) is 0 Å². The van der Waals surface area contributed by atoms with E-state index >= 15 is 0 Å². The second kappa shape index (κ2) is 10.6. The summed E-state index contributed by atoms with van der Waals surface area (Å²) in [6.45, 7) is 18.6. The van der Waals surface area contributed by atoms with Gasteiger partial charge in [0.2, 0.25) is 0 Å². The SMILES string of the molecule is Cc1cc(/C(O)=C2/C(=O)C(=O)N(c3ccc(C(C)(C)C)cc3)C2c2ccc(C(C)(C)C)cc2)ccc1OC(C)C. The molecule has 0 radical (unpaired) electrons. The van der Waals surface area contributed by atoms with Crippen LogP contribution in [-0.2, 0) is 20.4 Å². The second-order valence-corrected chi connectivity index (χ2v) is 13.0. The fourth-order valence-electron chi connectivity index (χ4n) is 5.04. The van der Waals surface area contributed by atoms with E-state index in [9.17, 15) is 14.7 Å². The molecule has 1 atom stereocenters. The fourth-order valence-corrected chi connectivity index (χ4v) is 5.04. The van der Waals surface area contributed by atoms with Gasteiger partial charge < -0.3 is 9.84 Å². The van der Waals surface area contributed by atoms with Crippen molar-refractivity contribution in [2.45, 2.75) is 85.3 Å². The number of aliphatic hydroxyl groups is 1. The Morgan fingerprint density at radius 1 is 0.825 bits per heavy atom. The molecule has 210 valence electrons. The summed E-state index contributed by atoms with van der Waals surface area (Å²) in [5.41, 5.74) is 4.88. The number of nitrogens with zero attached hydrogens (tertiary/aromatic N) is 1. The van der Waals surface area contributed by atoms with Crippen LogP contribution in [0.25, 0.3) is 5.76 Å². The first kappa shape index (κ1) is 29.1. The molecular formula is C35H41NO4. The van der Waals surface area contributed by atoms with Gasteiger partial charge in [-0.2, -0.15) is 0 Å². The second-order valence-electron chi connectivity index (χ2n) is 13.0. The standard InChI is InChI=1S/C35H41NO4/c1-21(2)40-28-19-12-24(20-22(28)3)31(37)29-30(23-10-13-25(14-11-23)34(4,5)6)36(33(39)32(29)38)27-17-15-26(16-18-27)35(7,8)9/h10-21,30,37H,1-9H3/b31-29-. The number of benzene rings is 3. The first-order chi connectivity index (χ1) is 18.6. The zero-order valence-corrected chi connectivity index (χ0v) is 25.1. The first-order valence-electron chi connectivity index (χ1n) is 13.9. The Bertz CT molecular complexity index is 1450. The van der Waals surface area contributed by atoms with E-state index in [-0.39, 0.29) is 28.3 Å². The number of aliphatic hydroxyl groups excluding tert-OH is 1. The van der Waals surface area contributed by atoms with Gasteiger partial charge in [-0.25, -0.2) is 0 Å². The average molecular weight is 540 g/mol. The molecule has 0 bridgehead atoms. The minimum atomic E-state index is -0.776. The summed E-state index contributed by atoms with van der Waals surface area (Å²) in [4.78, 5) is 28.7. The van der Waals surface area contributed by atoms with Gasteiger partial charge in [0, 0.05) is 11.3 Å². The van der Waals surface area contributed by atoms with Crippen molar-refractivity contribution in [3.05, 3.63) is 100 Å². The molecular weight excluding hydrogens is 498 g/mol. The Morgan fingerprint density at radius 3 is 1.82 bits per heavy atom. The molecule has 1 aliphatic heterocycles. The molecule has 1 amide bonds. The van der Waals surface area contributed by atoms with Gasteiger partial charge in [-0.05, 0) is 84.2 Å². The van der Waals surface area contributed by atoms with E-state index in [0.717, 1.165) is 22.3 Å². The molecule has 4 rings (SSSR count). The lowest BCUT2D eigenvalue weighted by molar-refractivity contribution is -0.132. The lowest BCUT2D eigenvalue weighted by Crippen LogP contribution is -2.29. The van der Waals surface area contributed by atoms with E-state index in [4.69, 9.17) is 4.74 Å². The van der Waals surface area contributed by atoms with Crippen LogP contribution in [-0.4, -0.2) is 22.9 Å². The Morgan fingerprint density at radius 2 is 1.35 bits per heavy atom. The molecule has 5 heteroatoms. The molecule has 1 heterocycles. The van der Waals surface area contributed by atoms with E-state index in [1.54, 1.807) is 18.2 Å². The summed E-state index contributed by atoms with van der Waals surface area (Å²) in [5, 5.41) is 11.6. The maximum Gasteiger partial charge on any atom is 0.300 e. The van der Waals surface area contributed by atoms with Crippen molar-refractivity contribution in [2.75, 3.05) is 4.90 Å². The molecule has 1 unspecified atom stereocenters. The molecule has 3 aromatic carbocycles. The van der Waals surface area contributed by atoms with Crippen LogP contribution in [0.15, 0.2) is 72.3 Å². The summed E-state index contributed by atoms with van der Waals surface area (Å²) in [5.74, 6) is -0.856. The summed E-state index contributed by atoms with van der Waals surface area (Å²) in [6.07, 6.45) is 0.00390. The molecule has 0 saturated carbocycles. The Hall–Kier alpha value is -3.86. The van der Waals surface area contributed by atoms with Crippen LogP contribution in [0, 0.1) is 6.92 Å². The number of ether oxygens (including phenoxy) is 1. The predicted molar refractivity (Wildman–Crippen MR) is 162 cm³/mol. The van der Waals surface area contributed by atoms with Gasteiger partial charge in [-0.3, -0.25) is 14.5 Å². The molecule has 1 N–H and O–H groups in total. The van der Waals surface area contributed by atoms with Crippen LogP contribution < -0.4 is 9.64 Å². The van der Waals surface area contributed by atoms with Crippen molar-refractivity contribution in [2.24, 2.45) is 0 Å². The third kappa shape index (κ3) is 5.70. The summed E-state index contributed by atoms with van der Waals surface area (Å²) in [7, 11) is 0. The van der Waals surface area contributed by atoms with E-state index in [1.807, 2.05) is 69.3 Å². The minimum absolute atomic E-state index is 0.00390. The van der Waals surface area contributed by atoms with Gasteiger partial charge in [0.1, 0.15) is 11.5 Å². The maximum absolute atomic E-state index is 13.6. The largest absolute Gasteiger partial charge is 0.507 e. The van der Waals surface area contributed by atoms with E-state index in [2.05, 4.69) is 41.5 Å². The fraction of sp³-hybridized carbons (Fsp3) is 0.371. The lowest BCUT2D eigenvalue weighted by atomic mass is 9.85. The predicted octanol–water partition coefficient (Wildman–Crippen LogP) is 8.00. The summed E-state index contributed by atoms with van der Waals surface area (Å²) in [6, 6.07) is 20.2. The number of aryl methyl sites for hydroxylation is 1. The maximum atomic E-state index is 13.6. The molecule has 1 saturated heterocycles. The van der Waals surface area contributed by atoms with Crippen molar-refractivity contribution < 1.29 is 19.4 Å². The number of ketones is 1.